The molecule has 3 aromatic rings. The van der Waals surface area contributed by atoms with E-state index in [1.54, 1.807) is 24.5 Å². The number of carbonyl (C=O) groups excluding carboxylic acids is 1. The molecule has 6 N–H and O–H groups in total. The number of phenols is 3. The maximum absolute atomic E-state index is 12.0. The normalized spacial score (nSPS) is 23.9. The van der Waals surface area contributed by atoms with Crippen LogP contribution in [0.4, 0.5) is 0 Å². The van der Waals surface area contributed by atoms with Crippen molar-refractivity contribution in [1.82, 2.24) is 10.3 Å². The van der Waals surface area contributed by atoms with E-state index in [0.717, 1.165) is 49.7 Å². The maximum atomic E-state index is 12.0. The Balaban J connectivity index is 1.07. The summed E-state index contributed by atoms with van der Waals surface area (Å²) in [5, 5.41) is 35.3. The number of nitrogens with zero attached hydrogens (tertiary/aromatic N) is 2. The first-order valence-corrected chi connectivity index (χ1v) is 19.2. The second-order valence-corrected chi connectivity index (χ2v) is 14.7. The molecule has 0 radical (unpaired) electrons. The standard InChI is InChI=1S/C41H54N4O8/c1-26(46)51-34-23-33(52-37(24-34)29-20-36(48)40(49)39(21-29)50-18-16-28-7-6-17-43-25-28)14-12-27-13-15-35(47)38(19-27)53-32-11-5-10-31(22-32)45-41(42)44-30-8-3-2-4-9-30/h6-7,13,15,17,19-21,25,30-34,37,47-49H,2-5,8-12,14,16,18,22-24H2,1H3,(H3,42,44,45)/t31-,32-,33-,34+,37-/m0/s1. The lowest BCUT2D eigenvalue weighted by molar-refractivity contribution is -0.160. The van der Waals surface area contributed by atoms with Gasteiger partial charge >= 0.3 is 5.97 Å². The average molecular weight is 731 g/mol. The van der Waals surface area contributed by atoms with Gasteiger partial charge in [-0.05, 0) is 92.0 Å². The summed E-state index contributed by atoms with van der Waals surface area (Å²) in [7, 11) is 0. The number of rotatable bonds is 13. The maximum Gasteiger partial charge on any atom is 0.302 e. The van der Waals surface area contributed by atoms with Crippen LogP contribution in [-0.2, 0) is 27.1 Å². The molecule has 2 aliphatic carbocycles. The molecule has 1 aliphatic heterocycles. The van der Waals surface area contributed by atoms with Crippen molar-refractivity contribution >= 4 is 11.9 Å². The van der Waals surface area contributed by atoms with Crippen LogP contribution in [0.1, 0.15) is 107 Å². The van der Waals surface area contributed by atoms with E-state index in [4.69, 9.17) is 29.7 Å². The van der Waals surface area contributed by atoms with Crippen molar-refractivity contribution in [3.8, 4) is 28.7 Å². The molecule has 286 valence electrons. The smallest absolute Gasteiger partial charge is 0.302 e. The Kier molecular flexibility index (Phi) is 13.2. The highest BCUT2D eigenvalue weighted by molar-refractivity contribution is 5.78. The minimum Gasteiger partial charge on any atom is -0.504 e. The molecule has 0 amide bonds. The Labute approximate surface area is 311 Å². The summed E-state index contributed by atoms with van der Waals surface area (Å²) >= 11 is 0. The van der Waals surface area contributed by atoms with E-state index < -0.39 is 12.2 Å². The molecule has 1 aromatic heterocycles. The number of aromatic hydroxyl groups is 3. The number of benzene rings is 2. The zero-order valence-electron chi connectivity index (χ0n) is 30.6. The van der Waals surface area contributed by atoms with Crippen LogP contribution in [0, 0.1) is 0 Å². The fourth-order valence-electron chi connectivity index (χ4n) is 7.79. The summed E-state index contributed by atoms with van der Waals surface area (Å²) in [6.45, 7) is 1.66. The molecule has 3 fully saturated rings. The summed E-state index contributed by atoms with van der Waals surface area (Å²) < 4.78 is 24.5. The summed E-state index contributed by atoms with van der Waals surface area (Å²) in [5.74, 6) is 0.171. The Morgan fingerprint density at radius 1 is 0.925 bits per heavy atom. The number of carbonyl (C=O) groups is 1. The second kappa shape index (κ2) is 18.4. The van der Waals surface area contributed by atoms with E-state index >= 15 is 0 Å². The van der Waals surface area contributed by atoms with Crippen LogP contribution in [-0.4, -0.2) is 69.2 Å². The lowest BCUT2D eigenvalue weighted by atomic mass is 9.92. The predicted octanol–water partition coefficient (Wildman–Crippen LogP) is 6.53. The number of esters is 1. The molecule has 0 unspecified atom stereocenters. The van der Waals surface area contributed by atoms with Crippen molar-refractivity contribution < 1.29 is 39.1 Å². The Bertz CT molecular complexity index is 1680. The number of ether oxygens (including phenoxy) is 4. The minimum absolute atomic E-state index is 0.0669. The zero-order valence-corrected chi connectivity index (χ0v) is 30.6. The van der Waals surface area contributed by atoms with Gasteiger partial charge in [0.1, 0.15) is 12.2 Å². The Hall–Kier alpha value is -4.71. The third kappa shape index (κ3) is 11.1. The zero-order chi connectivity index (χ0) is 37.2. The first kappa shape index (κ1) is 38.0. The number of aromatic nitrogens is 1. The van der Waals surface area contributed by atoms with Crippen LogP contribution in [0.3, 0.4) is 0 Å². The lowest BCUT2D eigenvalue weighted by Gasteiger charge is -2.35. The van der Waals surface area contributed by atoms with Crippen molar-refractivity contribution in [2.24, 2.45) is 10.7 Å². The van der Waals surface area contributed by atoms with Gasteiger partial charge in [0.15, 0.2) is 29.0 Å². The molecule has 53 heavy (non-hydrogen) atoms. The topological polar surface area (TPSA) is 178 Å². The quantitative estimate of drug-likeness (QED) is 0.0559. The molecule has 0 bridgehead atoms. The van der Waals surface area contributed by atoms with E-state index in [1.165, 1.54) is 32.3 Å². The number of aliphatic imine (C=N–C) groups is 1. The molecule has 2 aromatic carbocycles. The van der Waals surface area contributed by atoms with E-state index in [0.29, 0.717) is 55.4 Å². The van der Waals surface area contributed by atoms with Crippen molar-refractivity contribution in [2.75, 3.05) is 6.61 Å². The molecule has 5 atom stereocenters. The fraction of sp³-hybridized carbons (Fsp3) is 0.537. The van der Waals surface area contributed by atoms with Gasteiger partial charge in [-0.15, -0.1) is 0 Å². The SMILES string of the molecule is CC(=O)O[C@@H]1C[C@H](CCc2ccc(O)c(O[C@H]3CCC[C@H](NC(N)=NC4CCCCC4)C3)c2)O[C@H](c2cc(O)c(O)c(OCCc3cccnc3)c2)C1. The molecule has 12 nitrogen and oxygen atoms in total. The highest BCUT2D eigenvalue weighted by Crippen LogP contribution is 2.43. The summed E-state index contributed by atoms with van der Waals surface area (Å²) in [5.41, 5.74) is 8.87. The molecule has 6 rings (SSSR count). The van der Waals surface area contributed by atoms with Gasteiger partial charge in [0.05, 0.1) is 24.9 Å². The van der Waals surface area contributed by atoms with Gasteiger partial charge in [0.2, 0.25) is 5.75 Å². The number of aryl methyl sites for hydroxylation is 1. The second-order valence-electron chi connectivity index (χ2n) is 14.7. The minimum atomic E-state index is -0.515. The molecule has 0 spiro atoms. The summed E-state index contributed by atoms with van der Waals surface area (Å²) in [6.07, 6.45) is 14.5. The third-order valence-corrected chi connectivity index (χ3v) is 10.5. The van der Waals surface area contributed by atoms with Gasteiger partial charge < -0.3 is 45.3 Å². The van der Waals surface area contributed by atoms with Gasteiger partial charge in [0.25, 0.3) is 0 Å². The van der Waals surface area contributed by atoms with Gasteiger partial charge in [0, 0.05) is 51.0 Å². The number of hydrogen-bond acceptors (Lipinski definition) is 10. The van der Waals surface area contributed by atoms with E-state index in [-0.39, 0.29) is 53.8 Å². The Morgan fingerprint density at radius 3 is 2.57 bits per heavy atom. The van der Waals surface area contributed by atoms with Crippen molar-refractivity contribution in [1.29, 1.82) is 0 Å². The molecule has 2 heterocycles. The van der Waals surface area contributed by atoms with Crippen molar-refractivity contribution in [2.45, 2.75) is 133 Å². The van der Waals surface area contributed by atoms with E-state index in [1.807, 2.05) is 24.3 Å². The molecular weight excluding hydrogens is 676 g/mol. The largest absolute Gasteiger partial charge is 0.504 e. The number of nitrogens with two attached hydrogens (primary N) is 1. The van der Waals surface area contributed by atoms with Crippen molar-refractivity contribution in [3.63, 3.8) is 0 Å². The first-order chi connectivity index (χ1) is 25.7. The summed E-state index contributed by atoms with van der Waals surface area (Å²) in [6, 6.07) is 12.8. The lowest BCUT2D eigenvalue weighted by Crippen LogP contribution is -2.45. The van der Waals surface area contributed by atoms with Gasteiger partial charge in [-0.25, -0.2) is 0 Å². The molecule has 1 saturated heterocycles. The number of phenolic OH excluding ortho intramolecular Hbond substituents is 3. The van der Waals surface area contributed by atoms with E-state index in [9.17, 15) is 20.1 Å². The number of nitrogens with one attached hydrogen (secondary N) is 1. The molecular formula is C41H54N4O8. The van der Waals surface area contributed by atoms with Crippen molar-refractivity contribution in [3.05, 3.63) is 71.5 Å². The highest BCUT2D eigenvalue weighted by atomic mass is 16.6. The van der Waals surface area contributed by atoms with Crippen LogP contribution in [0.2, 0.25) is 0 Å². The van der Waals surface area contributed by atoms with Crippen LogP contribution in [0.15, 0.2) is 59.9 Å². The van der Waals surface area contributed by atoms with Gasteiger partial charge in [-0.1, -0.05) is 31.4 Å². The number of guanidine groups is 1. The van der Waals surface area contributed by atoms with Crippen LogP contribution >= 0.6 is 0 Å². The Morgan fingerprint density at radius 2 is 1.77 bits per heavy atom. The molecule has 2 saturated carbocycles. The number of pyridine rings is 1. The highest BCUT2D eigenvalue weighted by Gasteiger charge is 2.33. The van der Waals surface area contributed by atoms with Crippen LogP contribution in [0.5, 0.6) is 28.7 Å². The summed E-state index contributed by atoms with van der Waals surface area (Å²) in [4.78, 5) is 20.9. The van der Waals surface area contributed by atoms with Crippen LogP contribution < -0.4 is 20.5 Å². The average Bonchev–Trinajstić information content (AvgIpc) is 3.14. The number of hydrogen-bond donors (Lipinski definition) is 5. The third-order valence-electron chi connectivity index (χ3n) is 10.5. The fourth-order valence-corrected chi connectivity index (χ4v) is 7.79. The van der Waals surface area contributed by atoms with Gasteiger partial charge in [-0.3, -0.25) is 14.8 Å². The molecule has 12 heteroatoms. The predicted molar refractivity (Wildman–Crippen MR) is 200 cm³/mol. The van der Waals surface area contributed by atoms with Crippen LogP contribution in [0.25, 0.3) is 0 Å². The first-order valence-electron chi connectivity index (χ1n) is 19.2. The van der Waals surface area contributed by atoms with Gasteiger partial charge in [-0.2, -0.15) is 0 Å². The molecule has 3 aliphatic rings. The monoisotopic (exact) mass is 730 g/mol. The van der Waals surface area contributed by atoms with E-state index in [2.05, 4.69) is 10.3 Å².